The molecule has 3 heterocycles. The number of carbonyl (C=O) groups is 6. The van der Waals surface area contributed by atoms with E-state index in [1.54, 1.807) is 87.5 Å². The molecule has 0 fully saturated rings. The van der Waals surface area contributed by atoms with Gasteiger partial charge in [0.15, 0.2) is 29.5 Å². The van der Waals surface area contributed by atoms with Gasteiger partial charge in [0.25, 0.3) is 17.7 Å². The number of hydrogen-bond donors (Lipinski definition) is 7. The van der Waals surface area contributed by atoms with Gasteiger partial charge < -0.3 is 79.5 Å². The van der Waals surface area contributed by atoms with Crippen LogP contribution in [0.25, 0.3) is 0 Å². The van der Waals surface area contributed by atoms with Crippen molar-refractivity contribution in [3.63, 3.8) is 0 Å². The van der Waals surface area contributed by atoms with Crippen molar-refractivity contribution in [2.75, 3.05) is 110 Å². The van der Waals surface area contributed by atoms with Crippen molar-refractivity contribution in [2.45, 2.75) is 118 Å². The molecule has 3 aliphatic heterocycles. The summed E-state index contributed by atoms with van der Waals surface area (Å²) in [5.41, 5.74) is 11.5. The zero-order valence-corrected chi connectivity index (χ0v) is 73.1. The first-order valence-electron chi connectivity index (χ1n) is 38.6. The van der Waals surface area contributed by atoms with Crippen molar-refractivity contribution >= 4 is 134 Å². The van der Waals surface area contributed by atoms with Crippen molar-refractivity contribution in [3.8, 4) is 34.5 Å². The molecule has 0 aromatic heterocycles. The van der Waals surface area contributed by atoms with Crippen LogP contribution in [0.15, 0.2) is 172 Å². The summed E-state index contributed by atoms with van der Waals surface area (Å²) in [6.07, 6.45) is 5.81. The summed E-state index contributed by atoms with van der Waals surface area (Å²) >= 11 is 18.8. The molecule has 0 bridgehead atoms. The number of aryl methyl sites for hydroxylation is 3. The van der Waals surface area contributed by atoms with Gasteiger partial charge >= 0.3 is 17.9 Å². The van der Waals surface area contributed by atoms with E-state index >= 15 is 0 Å². The lowest BCUT2D eigenvalue weighted by molar-refractivity contribution is -0.138. The second-order valence-electron chi connectivity index (χ2n) is 29.4. The van der Waals surface area contributed by atoms with E-state index in [9.17, 15) is 59.1 Å². The number of sulfone groups is 3. The summed E-state index contributed by atoms with van der Waals surface area (Å²) in [6.45, 7) is 7.31. The van der Waals surface area contributed by atoms with E-state index in [2.05, 4.69) is 16.0 Å². The smallest absolute Gasteiger partial charge is 0.303 e. The van der Waals surface area contributed by atoms with Gasteiger partial charge in [0.05, 0.1) is 62.4 Å². The predicted octanol–water partition coefficient (Wildman–Crippen LogP) is 14.6. The van der Waals surface area contributed by atoms with Gasteiger partial charge in [0.1, 0.15) is 52.6 Å². The number of carboxylic acids is 3. The molecule has 9 aromatic carbocycles. The van der Waals surface area contributed by atoms with E-state index < -0.39 is 65.5 Å². The van der Waals surface area contributed by atoms with Gasteiger partial charge in [-0.15, -0.1) is 0 Å². The molecule has 3 atom stereocenters. The maximum atomic E-state index is 14.4. The average molecular weight is 1790 g/mol. The Balaban J connectivity index is 0.000000192. The molecule has 3 aliphatic rings. The lowest BCUT2D eigenvalue weighted by Crippen LogP contribution is -2.37. The van der Waals surface area contributed by atoms with E-state index in [0.717, 1.165) is 74.8 Å². The van der Waals surface area contributed by atoms with Crippen LogP contribution in [0, 0.1) is 20.8 Å². The number of ether oxygens (including phenoxy) is 6. The summed E-state index contributed by atoms with van der Waals surface area (Å²) in [6, 6.07) is 40.7. The van der Waals surface area contributed by atoms with Crippen LogP contribution in [0.2, 0.25) is 15.1 Å². The zero-order chi connectivity index (χ0) is 88.7. The molecule has 0 aliphatic carbocycles. The van der Waals surface area contributed by atoms with Crippen molar-refractivity contribution in [1.82, 2.24) is 0 Å². The Morgan fingerprint density at radius 3 is 0.992 bits per heavy atom. The Hall–Kier alpha value is -11.3. The minimum Gasteiger partial charge on any atom is -0.497 e. The summed E-state index contributed by atoms with van der Waals surface area (Å²) in [7, 11) is -6.49. The molecule has 34 heteroatoms. The Morgan fingerprint density at radius 2 is 0.705 bits per heavy atom. The number of hydrogen-bond acceptors (Lipinski definition) is 22. The first-order chi connectivity index (χ1) is 57.8. The molecule has 122 heavy (non-hydrogen) atoms. The number of aliphatic hydroxyl groups excluding tert-OH is 1. The maximum absolute atomic E-state index is 14.4. The molecule has 0 saturated heterocycles. The fourth-order valence-electron chi connectivity index (χ4n) is 14.0. The Labute approximate surface area is 723 Å². The normalized spacial score (nSPS) is 13.4. The lowest BCUT2D eigenvalue weighted by Gasteiger charge is -2.28. The summed E-state index contributed by atoms with van der Waals surface area (Å²) in [5, 5.41) is 47.5. The Bertz CT molecular complexity index is 5570. The number of nitrogens with zero attached hydrogens (tertiary/aromatic N) is 3. The molecular weight excluding hydrogens is 1700 g/mol. The molecule has 0 spiro atoms. The number of carboxylic acid groups (broad SMARTS) is 3. The molecule has 28 nitrogen and oxygen atoms in total. The molecular formula is C88H95Cl3N6O22S3. The van der Waals surface area contributed by atoms with Crippen molar-refractivity contribution < 1.29 is 103 Å². The lowest BCUT2D eigenvalue weighted by atomic mass is 10.0. The van der Waals surface area contributed by atoms with Gasteiger partial charge in [0.2, 0.25) is 0 Å². The van der Waals surface area contributed by atoms with Gasteiger partial charge in [0, 0.05) is 142 Å². The third-order valence-corrected chi connectivity index (χ3v) is 24.2. The SMILES string of the molecule is COc1cc(NC(C(=O)N2CCc3cc(CO)c(C)cc32)c2ccc(Cl)cc2OCCCC(=O)O)cc(S(C)(=O)=O)c1.COc1cc(NC(C(=O)N2CCc3ccc(C)cc32)c2ccc(Cl)cc2OCCCC(=O)O)cc(S(C)(=O)=O)c1.COc1cc(NC(C(=O)N2CCc3ccc(C)cc32)c2ccc(Cl)cc2OCCCC(=O)O)cc(S(C)(=O)=O)c1. The molecule has 0 saturated carbocycles. The van der Waals surface area contributed by atoms with Crippen LogP contribution in [-0.4, -0.2) is 161 Å². The number of amides is 3. The highest BCUT2D eigenvalue weighted by atomic mass is 35.5. The van der Waals surface area contributed by atoms with Crippen molar-refractivity contribution in [2.24, 2.45) is 0 Å². The van der Waals surface area contributed by atoms with Gasteiger partial charge in [-0.2, -0.15) is 0 Å². The number of aliphatic carboxylic acids is 3. The highest BCUT2D eigenvalue weighted by molar-refractivity contribution is 7.91. The van der Waals surface area contributed by atoms with Crippen molar-refractivity contribution in [1.29, 1.82) is 0 Å². The first kappa shape index (κ1) is 93.0. The zero-order valence-electron chi connectivity index (χ0n) is 68.4. The number of rotatable bonds is 34. The predicted molar refractivity (Wildman–Crippen MR) is 466 cm³/mol. The number of halogens is 3. The van der Waals surface area contributed by atoms with Crippen molar-refractivity contribution in [3.05, 3.63) is 228 Å². The number of anilines is 6. The van der Waals surface area contributed by atoms with E-state index in [1.165, 1.54) is 57.7 Å². The first-order valence-corrected chi connectivity index (χ1v) is 45.4. The van der Waals surface area contributed by atoms with Gasteiger partial charge in [-0.3, -0.25) is 28.8 Å². The van der Waals surface area contributed by atoms with Crippen LogP contribution in [-0.2, 0) is 84.1 Å². The second-order valence-corrected chi connectivity index (χ2v) is 36.7. The number of carbonyl (C=O) groups excluding carboxylic acids is 3. The number of methoxy groups -OCH3 is 3. The Morgan fingerprint density at radius 1 is 0.402 bits per heavy atom. The minimum atomic E-state index is -3.61. The van der Waals surface area contributed by atoms with E-state index in [4.69, 9.17) is 78.5 Å². The number of fused-ring (bicyclic) bond motifs is 3. The van der Waals surface area contributed by atoms with Crippen LogP contribution in [0.5, 0.6) is 34.5 Å². The van der Waals surface area contributed by atoms with Crippen LogP contribution in [0.1, 0.15) is 112 Å². The van der Waals surface area contributed by atoms with Gasteiger partial charge in [-0.05, 0) is 189 Å². The fourth-order valence-corrected chi connectivity index (χ4v) is 16.5. The third-order valence-electron chi connectivity index (χ3n) is 20.2. The maximum Gasteiger partial charge on any atom is 0.303 e. The average Bonchev–Trinajstić information content (AvgIpc) is 1.39. The Kier molecular flexibility index (Phi) is 31.3. The number of nitrogens with one attached hydrogen (secondary N) is 3. The fraction of sp³-hybridized carbons (Fsp3) is 0.318. The van der Waals surface area contributed by atoms with E-state index in [0.29, 0.717) is 111 Å². The molecule has 7 N–H and O–H groups in total. The number of aliphatic hydroxyl groups is 1. The largest absolute Gasteiger partial charge is 0.497 e. The molecule has 3 amide bonds. The summed E-state index contributed by atoms with van der Waals surface area (Å²) < 4.78 is 108. The monoisotopic (exact) mass is 1790 g/mol. The third kappa shape index (κ3) is 24.3. The topological polar surface area (TPSA) is 387 Å². The standard InChI is InChI=1S/C30H33ClN2O8S.2C29H31ClN2O7S/c1-18-11-26-19(12-20(18)17-34)8-9-33(26)30(37)29(32-22-14-23(40-2)16-24(15-22)42(3,38)39)25-7-6-21(31)13-27(25)41-10-4-5-28(35)36;2*1-18-6-7-19-10-11-32(25(19)13-18)29(35)28(31-21-15-22(38-2)17-23(16-21)40(3,36)37)24-9-8-20(30)14-26(24)39-12-4-5-27(33)34/h6-7,11-16,29,32,34H,4-5,8-10,17H2,1-3H3,(H,35,36);2*6-9,13-17,28,31H,4-5,10-12H2,1-3H3,(H,33,34). The summed E-state index contributed by atoms with van der Waals surface area (Å²) in [4.78, 5) is 81.0. The molecule has 12 rings (SSSR count). The van der Waals surface area contributed by atoms with Crippen LogP contribution < -0.4 is 59.1 Å². The highest BCUT2D eigenvalue weighted by Gasteiger charge is 2.38. The minimum absolute atomic E-state index is 0.00970. The van der Waals surface area contributed by atoms with E-state index in [-0.39, 0.29) is 109 Å². The van der Waals surface area contributed by atoms with E-state index in [1.807, 2.05) is 69.3 Å². The number of benzene rings is 9. The molecule has 9 aromatic rings. The molecule has 648 valence electrons. The van der Waals surface area contributed by atoms with Gasteiger partial charge in [-0.25, -0.2) is 25.3 Å². The second kappa shape index (κ2) is 41.0. The van der Waals surface area contributed by atoms with Crippen LogP contribution in [0.4, 0.5) is 34.1 Å². The molecule has 0 radical (unpaired) electrons. The molecule has 3 unspecified atom stereocenters. The van der Waals surface area contributed by atoms with Crippen LogP contribution in [0.3, 0.4) is 0 Å². The highest BCUT2D eigenvalue weighted by Crippen LogP contribution is 2.43. The van der Waals surface area contributed by atoms with Crippen LogP contribution >= 0.6 is 34.8 Å². The van der Waals surface area contributed by atoms with Gasteiger partial charge in [-0.1, -0.05) is 83.3 Å². The summed E-state index contributed by atoms with van der Waals surface area (Å²) in [5.74, 6) is -1.88. The quantitative estimate of drug-likeness (QED) is 0.0184.